The number of carbonyl (C=O) groups excluding carboxylic acids is 2. The predicted molar refractivity (Wildman–Crippen MR) is 319 cm³/mol. The Morgan fingerprint density at radius 2 is 0.877 bits per heavy atom. The lowest BCUT2D eigenvalue weighted by Crippen LogP contribution is -2.54. The fourth-order valence-corrected chi connectivity index (χ4v) is 14.8. The average Bonchev–Trinajstić information content (AvgIpc) is 3.56. The number of anilines is 2. The van der Waals surface area contributed by atoms with E-state index in [1.807, 2.05) is 60.7 Å². The van der Waals surface area contributed by atoms with E-state index in [4.69, 9.17) is 46.4 Å². The summed E-state index contributed by atoms with van der Waals surface area (Å²) in [4.78, 5) is 64.5. The highest BCUT2D eigenvalue weighted by Crippen LogP contribution is 2.49. The molecule has 4 N–H and O–H groups in total. The molecule has 4 saturated heterocycles. The van der Waals surface area contributed by atoms with E-state index in [1.165, 1.54) is 42.5 Å². The van der Waals surface area contributed by atoms with E-state index in [1.54, 1.807) is 50.1 Å². The Morgan fingerprint density at radius 3 is 1.20 bits per heavy atom. The summed E-state index contributed by atoms with van der Waals surface area (Å²) < 4.78 is 53.9. The molecule has 0 radical (unpaired) electrons. The Kier molecular flexibility index (Phi) is 20.5. The molecule has 4 aliphatic heterocycles. The number of piperidine rings is 2. The van der Waals surface area contributed by atoms with Gasteiger partial charge in [-0.1, -0.05) is 82.4 Å². The zero-order chi connectivity index (χ0) is 58.5. The summed E-state index contributed by atoms with van der Waals surface area (Å²) in [5.74, 6) is -3.27. The maximum atomic E-state index is 13.8. The van der Waals surface area contributed by atoms with Gasteiger partial charge in [0.2, 0.25) is 11.8 Å². The van der Waals surface area contributed by atoms with Crippen LogP contribution in [0.1, 0.15) is 36.8 Å². The molecular weight excluding hydrogens is 1190 g/mol. The first-order valence-corrected chi connectivity index (χ1v) is 31.3. The van der Waals surface area contributed by atoms with Crippen molar-refractivity contribution in [3.8, 4) is 22.3 Å². The summed E-state index contributed by atoms with van der Waals surface area (Å²) >= 11 is 30.3. The summed E-state index contributed by atoms with van der Waals surface area (Å²) in [7, 11) is -1.34. The maximum Gasteiger partial charge on any atom is 0.306 e. The van der Waals surface area contributed by atoms with E-state index in [-0.39, 0.29) is 84.3 Å². The highest BCUT2D eigenvalue weighted by molar-refractivity contribution is 7.99. The average molecular weight is 1250 g/mol. The summed E-state index contributed by atoms with van der Waals surface area (Å²) in [5.41, 5.74) is 5.14. The van der Waals surface area contributed by atoms with Gasteiger partial charge in [0.25, 0.3) is 20.4 Å². The van der Waals surface area contributed by atoms with Crippen LogP contribution >= 0.6 is 58.2 Å². The van der Waals surface area contributed by atoms with Crippen LogP contribution in [0.5, 0.6) is 0 Å². The molecule has 4 aromatic rings. The van der Waals surface area contributed by atoms with Crippen molar-refractivity contribution in [3.63, 3.8) is 0 Å². The first kappa shape index (κ1) is 62.1. The van der Waals surface area contributed by atoms with Crippen molar-refractivity contribution >= 4 is 126 Å². The molecule has 2 amide bonds. The largest absolute Gasteiger partial charge is 0.481 e. The monoisotopic (exact) mass is 1250 g/mol. The minimum absolute atomic E-state index is 0.0783. The van der Waals surface area contributed by atoms with Crippen molar-refractivity contribution in [2.24, 2.45) is 11.8 Å². The number of rotatable bonds is 18. The van der Waals surface area contributed by atoms with Crippen molar-refractivity contribution in [3.05, 3.63) is 104 Å². The molecule has 0 spiro atoms. The Labute approximate surface area is 497 Å². The molecule has 0 aliphatic carbocycles. The molecule has 4 fully saturated rings. The molecule has 0 unspecified atom stereocenters. The zero-order valence-electron chi connectivity index (χ0n) is 45.0. The van der Waals surface area contributed by atoms with Crippen LogP contribution < -0.4 is 19.5 Å². The third-order valence-corrected chi connectivity index (χ3v) is 20.9. The van der Waals surface area contributed by atoms with Crippen molar-refractivity contribution in [2.45, 2.75) is 35.5 Å². The van der Waals surface area contributed by atoms with Crippen molar-refractivity contribution in [2.75, 3.05) is 117 Å². The zero-order valence-corrected chi connectivity index (χ0v) is 50.5. The summed E-state index contributed by atoms with van der Waals surface area (Å²) in [6.45, 7) is 2.97. The number of hydrogen-bond donors (Lipinski definition) is 4. The lowest BCUT2D eigenvalue weighted by Gasteiger charge is -2.34. The highest BCUT2D eigenvalue weighted by Gasteiger charge is 2.32. The molecule has 0 saturated carbocycles. The molecule has 0 atom stereocenters. The molecule has 0 aromatic heterocycles. The van der Waals surface area contributed by atoms with E-state index < -0.39 is 44.2 Å². The number of halogens is 4. The molecule has 436 valence electrons. The third kappa shape index (κ3) is 15.0. The molecule has 4 aliphatic rings. The highest BCUT2D eigenvalue weighted by atomic mass is 35.5. The normalized spacial score (nSPS) is 17.8. The molecule has 0 bridgehead atoms. The number of piperazine rings is 2. The first-order chi connectivity index (χ1) is 38.4. The van der Waals surface area contributed by atoms with Gasteiger partial charge in [-0.15, -0.1) is 9.66 Å². The molecule has 27 heteroatoms. The maximum absolute atomic E-state index is 13.8. The van der Waals surface area contributed by atoms with Crippen molar-refractivity contribution < 1.29 is 46.2 Å². The number of carboxylic acids is 2. The first-order valence-electron chi connectivity index (χ1n) is 26.1. The van der Waals surface area contributed by atoms with Crippen LogP contribution in [0.4, 0.5) is 11.4 Å². The summed E-state index contributed by atoms with van der Waals surface area (Å²) in [6.07, 6.45) is 7.85. The predicted octanol–water partition coefficient (Wildman–Crippen LogP) is 7.32. The number of hydrazine groups is 2. The second-order valence-electron chi connectivity index (χ2n) is 20.4. The molecule has 81 heavy (non-hydrogen) atoms. The summed E-state index contributed by atoms with van der Waals surface area (Å²) in [6, 6.07) is 19.1. The van der Waals surface area contributed by atoms with Gasteiger partial charge < -0.3 is 29.8 Å². The van der Waals surface area contributed by atoms with Crippen LogP contribution in [-0.4, -0.2) is 186 Å². The van der Waals surface area contributed by atoms with E-state index in [2.05, 4.69) is 19.5 Å². The van der Waals surface area contributed by atoms with Gasteiger partial charge >= 0.3 is 11.9 Å². The number of nitrogens with zero attached hydrogens (tertiary/aromatic N) is 8. The quantitative estimate of drug-likeness (QED) is 0.0565. The standard InChI is InChI=1S/C54H64Cl4N10O10S3/c1-61(2)59-80(75,76)67-27-23-65(24-28-67)47(69)13-11-41-43(37-7-5-9-39(31-37)63-19-15-35(16-20-63)53(71)72)33-45(51(57)49(41)55)79-46-34-44(38-8-6-10-40(32-38)64-21-17-36(18-22-64)54(73)74)42(50(56)52(46)58)12-14-48(70)66-25-29-68(30-26-66)81(77,78)60-62(3)4/h5-14,31-36,59-60H,15-30H2,1-4H3,(H,71,72)(H,73,74)/b13-11+,14-12+. The number of aliphatic carboxylic acids is 2. The van der Waals surface area contributed by atoms with Crippen LogP contribution in [0.25, 0.3) is 34.4 Å². The van der Waals surface area contributed by atoms with Gasteiger partial charge in [-0.3, -0.25) is 19.2 Å². The number of nitrogens with one attached hydrogen (secondary N) is 2. The fourth-order valence-electron chi connectivity index (χ4n) is 10.2. The van der Waals surface area contributed by atoms with Gasteiger partial charge in [0, 0.05) is 151 Å². The SMILES string of the molecule is CN(C)NS(=O)(=O)N1CCN(C(=O)/C=C/c2c(-c3cccc(N4CCC(C(=O)O)CC4)c3)cc(Sc3cc(-c4cccc(N5CCC(C(=O)O)CC5)c4)c(/C=C/C(=O)N4CCN(S(=O)(=O)NN(C)C)CC4)c(Cl)c3Cl)c(Cl)c2Cl)CC1. The minimum atomic E-state index is -3.81. The van der Waals surface area contributed by atoms with E-state index in [0.717, 1.165) is 11.4 Å². The van der Waals surface area contributed by atoms with Gasteiger partial charge in [0.15, 0.2) is 0 Å². The van der Waals surface area contributed by atoms with Crippen LogP contribution in [-0.2, 0) is 39.6 Å². The lowest BCUT2D eigenvalue weighted by atomic mass is 9.95. The van der Waals surface area contributed by atoms with Crippen LogP contribution in [0.2, 0.25) is 20.1 Å². The van der Waals surface area contributed by atoms with Crippen LogP contribution in [0.15, 0.2) is 82.6 Å². The van der Waals surface area contributed by atoms with Gasteiger partial charge in [0.1, 0.15) is 0 Å². The minimum Gasteiger partial charge on any atom is -0.481 e. The number of carbonyl (C=O) groups is 4. The fraction of sp³-hybridized carbons (Fsp3) is 0.407. The number of hydrogen-bond acceptors (Lipinski definition) is 13. The van der Waals surface area contributed by atoms with Crippen LogP contribution in [0.3, 0.4) is 0 Å². The Hall–Kier alpha value is -4.99. The molecular formula is C54H64Cl4N10O10S3. The van der Waals surface area contributed by atoms with Gasteiger partial charge in [-0.05, 0) is 96.5 Å². The topological polar surface area (TPSA) is 227 Å². The second kappa shape index (κ2) is 26.7. The van der Waals surface area contributed by atoms with Crippen molar-refractivity contribution in [1.29, 1.82) is 0 Å². The Balaban J connectivity index is 1.16. The molecule has 8 rings (SSSR count). The smallest absolute Gasteiger partial charge is 0.306 e. The lowest BCUT2D eigenvalue weighted by molar-refractivity contribution is -0.143. The number of amides is 2. The second-order valence-corrected chi connectivity index (χ2v) is 26.3. The molecule has 4 heterocycles. The Morgan fingerprint density at radius 1 is 0.531 bits per heavy atom. The van der Waals surface area contributed by atoms with Gasteiger partial charge in [0.05, 0.1) is 31.9 Å². The van der Waals surface area contributed by atoms with Crippen molar-refractivity contribution in [1.82, 2.24) is 38.1 Å². The summed E-state index contributed by atoms with van der Waals surface area (Å²) in [5, 5.41) is 22.6. The van der Waals surface area contributed by atoms with E-state index in [0.29, 0.717) is 95.0 Å². The van der Waals surface area contributed by atoms with Crippen LogP contribution in [0, 0.1) is 11.8 Å². The molecule has 20 nitrogen and oxygen atoms in total. The Bertz CT molecular complexity index is 3110. The number of carboxylic acid groups (broad SMARTS) is 2. The van der Waals surface area contributed by atoms with E-state index >= 15 is 0 Å². The molecule has 4 aromatic carbocycles. The number of benzene rings is 4. The third-order valence-electron chi connectivity index (χ3n) is 14.5. The van der Waals surface area contributed by atoms with Gasteiger partial charge in [-0.25, -0.2) is 10.0 Å². The van der Waals surface area contributed by atoms with E-state index in [9.17, 15) is 46.2 Å². The van der Waals surface area contributed by atoms with Gasteiger partial charge in [-0.2, -0.15) is 25.4 Å².